The number of rotatable bonds is 4. The molecule has 0 heterocycles. The first kappa shape index (κ1) is 16.9. The van der Waals surface area contributed by atoms with Crippen molar-refractivity contribution in [3.63, 3.8) is 0 Å². The van der Waals surface area contributed by atoms with Crippen LogP contribution in [0.25, 0.3) is 0 Å². The average molecular weight is 438 g/mol. The molecule has 0 aliphatic carbocycles. The molecule has 0 saturated heterocycles. The van der Waals surface area contributed by atoms with Gasteiger partial charge in [0.2, 0.25) is 0 Å². The quantitative estimate of drug-likeness (QED) is 0.723. The summed E-state index contributed by atoms with van der Waals surface area (Å²) < 4.78 is 15.7. The van der Waals surface area contributed by atoms with Crippen LogP contribution in [0.1, 0.15) is 23.1 Å². The molecule has 0 saturated carbocycles. The Kier molecular flexibility index (Phi) is 5.80. The number of hydrogen-bond acceptors (Lipinski definition) is 2. The predicted molar refractivity (Wildman–Crippen MR) is 90.0 cm³/mol. The number of hydrogen-bond donors (Lipinski definition) is 2. The second-order valence-corrected chi connectivity index (χ2v) is 6.77. The summed E-state index contributed by atoms with van der Waals surface area (Å²) in [5.74, 6) is -1.13. The van der Waals surface area contributed by atoms with E-state index in [0.29, 0.717) is 11.1 Å². The lowest BCUT2D eigenvalue weighted by Crippen LogP contribution is -2.21. The molecule has 3 N–H and O–H groups in total. The topological polar surface area (TPSA) is 46.2 Å². The molecule has 0 aliphatic heterocycles. The van der Waals surface area contributed by atoms with Crippen LogP contribution >= 0.6 is 43.5 Å². The molecule has 2 rings (SSSR count). The molecule has 2 aromatic rings. The Balaban J connectivity index is 2.45. The molecule has 0 amide bonds. The van der Waals surface area contributed by atoms with E-state index in [2.05, 4.69) is 31.9 Å². The van der Waals surface area contributed by atoms with Crippen molar-refractivity contribution in [2.75, 3.05) is 6.54 Å². The highest BCUT2D eigenvalue weighted by molar-refractivity contribution is 9.11. The van der Waals surface area contributed by atoms with Crippen LogP contribution in [-0.2, 0) is 0 Å². The van der Waals surface area contributed by atoms with Gasteiger partial charge in [0.15, 0.2) is 0 Å². The molecule has 0 spiro atoms. The van der Waals surface area contributed by atoms with Crippen molar-refractivity contribution in [2.24, 2.45) is 5.73 Å². The van der Waals surface area contributed by atoms with Crippen LogP contribution in [0.15, 0.2) is 45.3 Å². The predicted octanol–water partition coefficient (Wildman–Crippen LogP) is 4.78. The first-order valence-electron chi connectivity index (χ1n) is 6.22. The number of benzene rings is 2. The van der Waals surface area contributed by atoms with E-state index in [9.17, 15) is 9.50 Å². The first-order valence-corrected chi connectivity index (χ1v) is 8.19. The molecular weight excluding hydrogens is 424 g/mol. The zero-order valence-electron chi connectivity index (χ0n) is 10.9. The lowest BCUT2D eigenvalue weighted by Gasteiger charge is -2.24. The third-order valence-corrected chi connectivity index (χ3v) is 4.80. The van der Waals surface area contributed by atoms with Gasteiger partial charge in [-0.15, -0.1) is 0 Å². The molecule has 6 heteroatoms. The van der Waals surface area contributed by atoms with E-state index in [1.54, 1.807) is 18.2 Å². The molecule has 2 unspecified atom stereocenters. The van der Waals surface area contributed by atoms with Gasteiger partial charge in [0.05, 0.1) is 11.1 Å². The normalized spacial score (nSPS) is 14.0. The van der Waals surface area contributed by atoms with E-state index in [0.717, 1.165) is 8.95 Å². The Morgan fingerprint density at radius 2 is 1.90 bits per heavy atom. The summed E-state index contributed by atoms with van der Waals surface area (Å²) in [7, 11) is 0. The molecule has 112 valence electrons. The van der Waals surface area contributed by atoms with Crippen LogP contribution < -0.4 is 5.73 Å². The summed E-state index contributed by atoms with van der Waals surface area (Å²) >= 11 is 12.6. The van der Waals surface area contributed by atoms with Gasteiger partial charge >= 0.3 is 0 Å². The Labute approximate surface area is 144 Å². The third kappa shape index (κ3) is 3.66. The van der Waals surface area contributed by atoms with E-state index < -0.39 is 17.8 Å². The van der Waals surface area contributed by atoms with Crippen LogP contribution in [0.2, 0.25) is 5.02 Å². The molecule has 2 nitrogen and oxygen atoms in total. The minimum Gasteiger partial charge on any atom is -0.388 e. The molecule has 0 fully saturated rings. The fourth-order valence-electron chi connectivity index (χ4n) is 2.19. The van der Waals surface area contributed by atoms with Gasteiger partial charge in [-0.3, -0.25) is 0 Å². The highest BCUT2D eigenvalue weighted by Crippen LogP contribution is 2.37. The molecule has 2 atom stereocenters. The highest BCUT2D eigenvalue weighted by Gasteiger charge is 2.26. The van der Waals surface area contributed by atoms with Crippen molar-refractivity contribution in [2.45, 2.75) is 12.0 Å². The van der Waals surface area contributed by atoms with E-state index in [4.69, 9.17) is 17.3 Å². The maximum atomic E-state index is 14.2. The average Bonchev–Trinajstić information content (AvgIpc) is 2.46. The second-order valence-electron chi connectivity index (χ2n) is 4.60. The first-order chi connectivity index (χ1) is 9.95. The molecule has 0 bridgehead atoms. The van der Waals surface area contributed by atoms with Crippen LogP contribution in [0.4, 0.5) is 4.39 Å². The second kappa shape index (κ2) is 7.20. The van der Waals surface area contributed by atoms with Crippen LogP contribution in [0.3, 0.4) is 0 Å². The molecule has 0 aliphatic rings. The van der Waals surface area contributed by atoms with E-state index in [-0.39, 0.29) is 11.6 Å². The molecule has 2 aromatic carbocycles. The summed E-state index contributed by atoms with van der Waals surface area (Å²) in [6, 6.07) is 10.1. The van der Waals surface area contributed by atoms with E-state index >= 15 is 0 Å². The Hall–Kier alpha value is -0.460. The van der Waals surface area contributed by atoms with Crippen molar-refractivity contribution < 1.29 is 9.50 Å². The molecular formula is C15H13Br2ClFNO. The van der Waals surface area contributed by atoms with Gasteiger partial charge in [-0.25, -0.2) is 4.39 Å². The third-order valence-electron chi connectivity index (χ3n) is 3.29. The van der Waals surface area contributed by atoms with Gasteiger partial charge in [-0.05, 0) is 35.4 Å². The van der Waals surface area contributed by atoms with Crippen LogP contribution in [0, 0.1) is 5.82 Å². The van der Waals surface area contributed by atoms with Gasteiger partial charge in [0.25, 0.3) is 0 Å². The maximum absolute atomic E-state index is 14.2. The number of halogens is 4. The largest absolute Gasteiger partial charge is 0.388 e. The highest BCUT2D eigenvalue weighted by atomic mass is 79.9. The molecule has 0 radical (unpaired) electrons. The van der Waals surface area contributed by atoms with E-state index in [1.165, 1.54) is 6.07 Å². The number of nitrogens with two attached hydrogens (primary N) is 1. The fourth-order valence-corrected chi connectivity index (χ4v) is 3.23. The van der Waals surface area contributed by atoms with Crippen LogP contribution in [0.5, 0.6) is 0 Å². The Morgan fingerprint density at radius 3 is 2.57 bits per heavy atom. The molecule has 21 heavy (non-hydrogen) atoms. The monoisotopic (exact) mass is 435 g/mol. The van der Waals surface area contributed by atoms with Crippen LogP contribution in [-0.4, -0.2) is 11.7 Å². The summed E-state index contributed by atoms with van der Waals surface area (Å²) in [5, 5.41) is 10.6. The lowest BCUT2D eigenvalue weighted by atomic mass is 9.89. The lowest BCUT2D eigenvalue weighted by molar-refractivity contribution is 0.145. The Morgan fingerprint density at radius 1 is 1.19 bits per heavy atom. The maximum Gasteiger partial charge on any atom is 0.145 e. The zero-order chi connectivity index (χ0) is 15.6. The van der Waals surface area contributed by atoms with Gasteiger partial charge in [0, 0.05) is 21.4 Å². The minimum atomic E-state index is -0.949. The van der Waals surface area contributed by atoms with Crippen molar-refractivity contribution in [3.8, 4) is 0 Å². The summed E-state index contributed by atoms with van der Waals surface area (Å²) in [5.41, 5.74) is 6.70. The van der Waals surface area contributed by atoms with Gasteiger partial charge in [-0.1, -0.05) is 55.6 Å². The summed E-state index contributed by atoms with van der Waals surface area (Å²) in [6.07, 6.45) is -0.949. The SMILES string of the molecule is NCC(c1cccc(Cl)c1F)C(O)c1cc(Br)ccc1Br. The summed E-state index contributed by atoms with van der Waals surface area (Å²) in [6.45, 7) is 0.0946. The molecule has 0 aromatic heterocycles. The fraction of sp³-hybridized carbons (Fsp3) is 0.200. The van der Waals surface area contributed by atoms with Crippen molar-refractivity contribution in [3.05, 3.63) is 67.3 Å². The minimum absolute atomic E-state index is 0.0199. The standard InChI is InChI=1S/C15H13Br2ClFNO/c16-8-4-5-12(17)10(6-8)15(21)11(7-20)9-2-1-3-13(18)14(9)19/h1-6,11,15,21H,7,20H2. The van der Waals surface area contributed by atoms with Gasteiger partial charge < -0.3 is 10.8 Å². The number of aliphatic hydroxyl groups excluding tert-OH is 1. The van der Waals surface area contributed by atoms with E-state index in [1.807, 2.05) is 12.1 Å². The summed E-state index contributed by atoms with van der Waals surface area (Å²) in [4.78, 5) is 0. The van der Waals surface area contributed by atoms with Crippen molar-refractivity contribution >= 4 is 43.5 Å². The Bertz CT molecular complexity index is 654. The number of aliphatic hydroxyl groups is 1. The smallest absolute Gasteiger partial charge is 0.145 e. The van der Waals surface area contributed by atoms with Gasteiger partial charge in [0.1, 0.15) is 5.82 Å². The van der Waals surface area contributed by atoms with Gasteiger partial charge in [-0.2, -0.15) is 0 Å². The van der Waals surface area contributed by atoms with Crippen molar-refractivity contribution in [1.82, 2.24) is 0 Å². The van der Waals surface area contributed by atoms with Crippen molar-refractivity contribution in [1.29, 1.82) is 0 Å². The zero-order valence-corrected chi connectivity index (χ0v) is 14.8.